The van der Waals surface area contributed by atoms with Crippen LogP contribution in [0.4, 0.5) is 9.59 Å². The fraction of sp³-hybridized carbons (Fsp3) is 0.391. The van der Waals surface area contributed by atoms with Crippen LogP contribution in [0.3, 0.4) is 0 Å². The van der Waals surface area contributed by atoms with Crippen LogP contribution in [0.25, 0.3) is 33.6 Å². The minimum Gasteiger partial charge on any atom is -0.487 e. The van der Waals surface area contributed by atoms with Crippen molar-refractivity contribution >= 4 is 24.0 Å². The first-order valence-electron chi connectivity index (χ1n) is 21.2. The van der Waals surface area contributed by atoms with Crippen molar-refractivity contribution in [2.75, 3.05) is 74.5 Å². The van der Waals surface area contributed by atoms with E-state index in [1.54, 1.807) is 48.5 Å². The zero-order valence-electron chi connectivity index (χ0n) is 36.4. The van der Waals surface area contributed by atoms with E-state index in [1.165, 1.54) is 14.2 Å². The number of benzene rings is 3. The van der Waals surface area contributed by atoms with Gasteiger partial charge in [0, 0.05) is 38.4 Å². The number of nitrogens with one attached hydrogen (secondary N) is 4. The highest BCUT2D eigenvalue weighted by Crippen LogP contribution is 2.46. The van der Waals surface area contributed by atoms with Crippen LogP contribution in [-0.4, -0.2) is 128 Å². The second-order valence-corrected chi connectivity index (χ2v) is 15.2. The fourth-order valence-electron chi connectivity index (χ4n) is 8.13. The number of aromatic amines is 2. The number of alkyl carbamates (subject to hydrolysis) is 2. The van der Waals surface area contributed by atoms with Crippen LogP contribution < -0.4 is 20.1 Å². The summed E-state index contributed by atoms with van der Waals surface area (Å²) in [5.41, 5.74) is 5.31. The number of methoxy groups -OCH3 is 4. The highest BCUT2D eigenvalue weighted by molar-refractivity contribution is 5.88. The highest BCUT2D eigenvalue weighted by Gasteiger charge is 2.37. The maximum atomic E-state index is 14.2. The summed E-state index contributed by atoms with van der Waals surface area (Å²) in [6, 6.07) is 19.4. The molecule has 0 saturated carbocycles. The number of imidazole rings is 2. The second-order valence-electron chi connectivity index (χ2n) is 15.2. The van der Waals surface area contributed by atoms with E-state index in [0.717, 1.165) is 41.6 Å². The molecule has 7 rings (SSSR count). The van der Waals surface area contributed by atoms with E-state index in [4.69, 9.17) is 28.7 Å². The van der Waals surface area contributed by atoms with Gasteiger partial charge in [0.25, 0.3) is 5.91 Å². The van der Waals surface area contributed by atoms with Gasteiger partial charge in [0.05, 0.1) is 63.3 Å². The first-order valence-corrected chi connectivity index (χ1v) is 21.2. The van der Waals surface area contributed by atoms with Gasteiger partial charge >= 0.3 is 12.2 Å². The van der Waals surface area contributed by atoms with E-state index in [-0.39, 0.29) is 43.7 Å². The summed E-state index contributed by atoms with van der Waals surface area (Å²) in [7, 11) is 5.73. The average Bonchev–Trinajstić information content (AvgIpc) is 4.18. The number of likely N-dealkylation sites (tertiary alicyclic amines) is 2. The fourth-order valence-corrected chi connectivity index (χ4v) is 8.13. The van der Waals surface area contributed by atoms with Crippen LogP contribution in [0.2, 0.25) is 0 Å². The Balaban J connectivity index is 1.16. The zero-order valence-corrected chi connectivity index (χ0v) is 36.4. The lowest BCUT2D eigenvalue weighted by molar-refractivity contribution is -0.134. The molecule has 0 spiro atoms. The Hall–Kier alpha value is -6.92. The van der Waals surface area contributed by atoms with Gasteiger partial charge in [-0.05, 0) is 54.5 Å². The number of hydrogen-bond donors (Lipinski definition) is 4. The number of aromatic nitrogens is 4. The third-order valence-corrected chi connectivity index (χ3v) is 11.3. The number of nitrogens with zero attached hydrogens (tertiary/aromatic N) is 4. The van der Waals surface area contributed by atoms with Crippen molar-refractivity contribution in [1.82, 2.24) is 40.4 Å². The first-order chi connectivity index (χ1) is 31.2. The Morgan fingerprint density at radius 1 is 0.672 bits per heavy atom. The average molecular weight is 879 g/mol. The summed E-state index contributed by atoms with van der Waals surface area (Å²) in [6.07, 6.45) is 5.11. The van der Waals surface area contributed by atoms with Crippen LogP contribution >= 0.6 is 0 Å². The molecule has 4 heterocycles. The van der Waals surface area contributed by atoms with Gasteiger partial charge < -0.3 is 58.8 Å². The van der Waals surface area contributed by atoms with Crippen LogP contribution in [0, 0.1) is 0 Å². The molecular weight excluding hydrogens is 825 g/mol. The molecule has 18 nitrogen and oxygen atoms in total. The summed E-state index contributed by atoms with van der Waals surface area (Å²) in [5, 5.41) is 5.18. The maximum absolute atomic E-state index is 14.2. The van der Waals surface area contributed by atoms with E-state index >= 15 is 0 Å². The van der Waals surface area contributed by atoms with Crippen LogP contribution in [0.1, 0.15) is 61.0 Å². The Labute approximate surface area is 370 Å². The normalized spacial score (nSPS) is 16.3. The predicted octanol–water partition coefficient (Wildman–Crippen LogP) is 5.96. The molecule has 0 radical (unpaired) electrons. The van der Waals surface area contributed by atoms with E-state index < -0.39 is 18.2 Å². The first kappa shape index (κ1) is 45.1. The summed E-state index contributed by atoms with van der Waals surface area (Å²) >= 11 is 0. The van der Waals surface area contributed by atoms with Crippen LogP contribution in [0.5, 0.6) is 11.5 Å². The summed E-state index contributed by atoms with van der Waals surface area (Å²) in [4.78, 5) is 70.8. The number of ether oxygens (including phenoxy) is 6. The number of amides is 4. The molecule has 2 fully saturated rings. The van der Waals surface area contributed by atoms with E-state index in [0.29, 0.717) is 72.7 Å². The van der Waals surface area contributed by atoms with Crippen molar-refractivity contribution in [2.24, 2.45) is 0 Å². The van der Waals surface area contributed by atoms with Crippen molar-refractivity contribution in [2.45, 2.75) is 43.8 Å². The molecule has 4 amide bonds. The lowest BCUT2D eigenvalue weighted by Gasteiger charge is -2.28. The van der Waals surface area contributed by atoms with Crippen molar-refractivity contribution < 1.29 is 47.6 Å². The number of carbonyl (C=O) groups is 4. The second kappa shape index (κ2) is 21.4. The molecule has 2 saturated heterocycles. The topological polar surface area (TPSA) is 212 Å². The van der Waals surface area contributed by atoms with Crippen molar-refractivity contribution in [3.63, 3.8) is 0 Å². The van der Waals surface area contributed by atoms with Gasteiger partial charge in [-0.15, -0.1) is 0 Å². The molecule has 3 atom stereocenters. The quantitative estimate of drug-likeness (QED) is 0.0751. The van der Waals surface area contributed by atoms with Crippen molar-refractivity contribution in [1.29, 1.82) is 0 Å². The number of H-pyrrole nitrogens is 2. The standard InChI is InChI=1S/C46H54N8O10/c1-59-22-24-63-40-32(29-14-16-30(17-15-29)34-26-47-42(50-34)36-12-8-20-53(36)38(55)28-49-45(57)61-3)18-19-33(41(40)64-25-23-60-2)35-27-48-43(51-35)37-13-9-21-54(37)44(56)39(52-46(58)62-4)31-10-6-5-7-11-31/h5-7,10-11,14-19,26-27,36-37,39H,8-9,12-13,20-25,28H2,1-4H3,(H,47,50)(H,48,51)(H,49,57)(H,52,58). The number of carbonyl (C=O) groups excluding carboxylic acids is 4. The number of rotatable bonds is 18. The monoisotopic (exact) mass is 878 g/mol. The molecule has 18 heteroatoms. The molecule has 3 aromatic carbocycles. The molecule has 2 aliphatic heterocycles. The van der Waals surface area contributed by atoms with E-state index in [1.807, 2.05) is 54.6 Å². The van der Waals surface area contributed by atoms with Crippen molar-refractivity contribution in [3.05, 3.63) is 96.3 Å². The smallest absolute Gasteiger partial charge is 0.407 e. The lowest BCUT2D eigenvalue weighted by Crippen LogP contribution is -2.42. The summed E-state index contributed by atoms with van der Waals surface area (Å²) in [6.45, 7) is 2.04. The minimum atomic E-state index is -0.945. The summed E-state index contributed by atoms with van der Waals surface area (Å²) in [5.74, 6) is 1.77. The SMILES string of the molecule is COCCOc1c(-c2ccc(-c3cnc(C4CCCN4C(=O)CNC(=O)OC)[nH]3)cc2)ccc(-c2cnc(C3CCCN3C(=O)C(NC(=O)OC)c3ccccc3)[nH]2)c1OCCOC. The van der Waals surface area contributed by atoms with Gasteiger partial charge in [0.2, 0.25) is 5.91 Å². The van der Waals surface area contributed by atoms with Gasteiger partial charge in [-0.25, -0.2) is 19.6 Å². The lowest BCUT2D eigenvalue weighted by atomic mass is 9.98. The van der Waals surface area contributed by atoms with Gasteiger partial charge in [0.1, 0.15) is 37.4 Å². The molecule has 0 bridgehead atoms. The molecule has 2 aromatic heterocycles. The van der Waals surface area contributed by atoms with Crippen LogP contribution in [-0.2, 0) is 28.5 Å². The largest absolute Gasteiger partial charge is 0.487 e. The zero-order chi connectivity index (χ0) is 45.0. The molecule has 4 N–H and O–H groups in total. The van der Waals surface area contributed by atoms with Gasteiger partial charge in [-0.2, -0.15) is 0 Å². The van der Waals surface area contributed by atoms with Crippen LogP contribution in [0.15, 0.2) is 79.1 Å². The Kier molecular flexibility index (Phi) is 15.1. The molecule has 64 heavy (non-hydrogen) atoms. The third-order valence-electron chi connectivity index (χ3n) is 11.3. The van der Waals surface area contributed by atoms with E-state index in [9.17, 15) is 19.2 Å². The molecule has 3 unspecified atom stereocenters. The van der Waals surface area contributed by atoms with E-state index in [2.05, 4.69) is 30.3 Å². The van der Waals surface area contributed by atoms with Gasteiger partial charge in [-0.1, -0.05) is 54.6 Å². The molecule has 0 aliphatic carbocycles. The van der Waals surface area contributed by atoms with Gasteiger partial charge in [-0.3, -0.25) is 9.59 Å². The third kappa shape index (κ3) is 10.3. The molecule has 338 valence electrons. The maximum Gasteiger partial charge on any atom is 0.407 e. The molecule has 5 aromatic rings. The molecule has 2 aliphatic rings. The Morgan fingerprint density at radius 3 is 1.88 bits per heavy atom. The molecular formula is C46H54N8O10. The Morgan fingerprint density at radius 2 is 1.23 bits per heavy atom. The summed E-state index contributed by atoms with van der Waals surface area (Å²) < 4.78 is 33.1. The highest BCUT2D eigenvalue weighted by atomic mass is 16.6. The number of hydrogen-bond acceptors (Lipinski definition) is 12. The van der Waals surface area contributed by atoms with Crippen molar-refractivity contribution in [3.8, 4) is 45.1 Å². The Bertz CT molecular complexity index is 2370. The predicted molar refractivity (Wildman–Crippen MR) is 234 cm³/mol. The minimum absolute atomic E-state index is 0.158. The van der Waals surface area contributed by atoms with Gasteiger partial charge in [0.15, 0.2) is 11.5 Å².